The molecule has 1 aliphatic heterocycles. The minimum absolute atomic E-state index is 0.0291. The Balaban J connectivity index is 1.73. The number of hydrogen-bond donors (Lipinski definition) is 0. The van der Waals surface area contributed by atoms with Gasteiger partial charge in [-0.3, -0.25) is 4.79 Å². The number of hydrogen-bond acceptors (Lipinski definition) is 6. The number of sulfone groups is 1. The summed E-state index contributed by atoms with van der Waals surface area (Å²) in [5, 5.41) is 12.4. The van der Waals surface area contributed by atoms with E-state index in [1.165, 1.54) is 10.4 Å². The van der Waals surface area contributed by atoms with Gasteiger partial charge in [0.2, 0.25) is 11.7 Å². The number of rotatable bonds is 7. The van der Waals surface area contributed by atoms with Crippen molar-refractivity contribution in [2.45, 2.75) is 65.1 Å². The summed E-state index contributed by atoms with van der Waals surface area (Å²) < 4.78 is 23.8. The summed E-state index contributed by atoms with van der Waals surface area (Å²) in [7, 11) is -3.07. The fourth-order valence-electron chi connectivity index (χ4n) is 3.65. The lowest BCUT2D eigenvalue weighted by molar-refractivity contribution is -0.136. The lowest BCUT2D eigenvalue weighted by Gasteiger charge is -2.33. The van der Waals surface area contributed by atoms with Gasteiger partial charge >= 0.3 is 0 Å². The van der Waals surface area contributed by atoms with Gasteiger partial charge < -0.3 is 4.90 Å². The Labute approximate surface area is 172 Å². The molecule has 0 aliphatic carbocycles. The van der Waals surface area contributed by atoms with E-state index in [0.29, 0.717) is 18.2 Å². The Morgan fingerprint density at radius 2 is 1.93 bits per heavy atom. The number of benzene rings is 1. The van der Waals surface area contributed by atoms with E-state index in [2.05, 4.69) is 29.3 Å². The Morgan fingerprint density at radius 1 is 1.24 bits per heavy atom. The van der Waals surface area contributed by atoms with Crippen LogP contribution in [0.5, 0.6) is 0 Å². The van der Waals surface area contributed by atoms with Crippen molar-refractivity contribution in [1.82, 2.24) is 25.1 Å². The molecule has 9 heteroatoms. The van der Waals surface area contributed by atoms with Crippen LogP contribution in [-0.2, 0) is 21.2 Å². The van der Waals surface area contributed by atoms with E-state index in [0.717, 1.165) is 12.0 Å². The number of amides is 1. The SMILES string of the molecule is CC[C@@H](C)N(C(=O)Cn1nnc(-c2ccc(C(C)C)cc2)n1)[C@H]1CCS(=O)(=O)C1. The topological polar surface area (TPSA) is 98.1 Å². The van der Waals surface area contributed by atoms with E-state index in [9.17, 15) is 13.2 Å². The summed E-state index contributed by atoms with van der Waals surface area (Å²) in [5.74, 6) is 0.889. The third kappa shape index (κ3) is 5.01. The Hall–Kier alpha value is -2.29. The second-order valence-corrected chi connectivity index (χ2v) is 10.3. The number of nitrogens with zero attached hydrogens (tertiary/aromatic N) is 5. The van der Waals surface area contributed by atoms with Crippen LogP contribution in [-0.4, -0.2) is 63.0 Å². The van der Waals surface area contributed by atoms with Gasteiger partial charge in [0, 0.05) is 17.6 Å². The second kappa shape index (κ2) is 8.61. The summed E-state index contributed by atoms with van der Waals surface area (Å²) in [4.78, 5) is 16.0. The molecule has 2 atom stereocenters. The number of aromatic nitrogens is 4. The smallest absolute Gasteiger partial charge is 0.246 e. The summed E-state index contributed by atoms with van der Waals surface area (Å²) in [6.07, 6.45) is 1.23. The third-order valence-corrected chi connectivity index (χ3v) is 7.27. The van der Waals surface area contributed by atoms with Crippen molar-refractivity contribution in [3.05, 3.63) is 29.8 Å². The maximum atomic E-state index is 13.0. The first-order valence-corrected chi connectivity index (χ1v) is 11.9. The molecule has 0 radical (unpaired) electrons. The number of carbonyl (C=O) groups excluding carboxylic acids is 1. The predicted molar refractivity (Wildman–Crippen MR) is 111 cm³/mol. The number of carbonyl (C=O) groups is 1. The fourth-order valence-corrected chi connectivity index (χ4v) is 5.36. The summed E-state index contributed by atoms with van der Waals surface area (Å²) in [6.45, 7) is 8.14. The van der Waals surface area contributed by atoms with Crippen molar-refractivity contribution in [1.29, 1.82) is 0 Å². The van der Waals surface area contributed by atoms with E-state index in [-0.39, 0.29) is 36.0 Å². The molecule has 1 fully saturated rings. The molecule has 1 aliphatic rings. The number of tetrazole rings is 1. The molecule has 3 rings (SSSR count). The van der Waals surface area contributed by atoms with Crippen LogP contribution >= 0.6 is 0 Å². The van der Waals surface area contributed by atoms with Crippen molar-refractivity contribution in [2.24, 2.45) is 0 Å². The van der Waals surface area contributed by atoms with Gasteiger partial charge in [-0.2, -0.15) is 4.80 Å². The summed E-state index contributed by atoms with van der Waals surface area (Å²) in [5.41, 5.74) is 2.07. The molecule has 0 saturated carbocycles. The molecule has 0 unspecified atom stereocenters. The van der Waals surface area contributed by atoms with E-state index >= 15 is 0 Å². The lowest BCUT2D eigenvalue weighted by Crippen LogP contribution is -2.48. The minimum Gasteiger partial charge on any atom is -0.334 e. The molecule has 8 nitrogen and oxygen atoms in total. The molecular formula is C20H29N5O3S. The highest BCUT2D eigenvalue weighted by Gasteiger charge is 2.36. The van der Waals surface area contributed by atoms with Crippen LogP contribution in [0.2, 0.25) is 0 Å². The van der Waals surface area contributed by atoms with Gasteiger partial charge in [-0.05, 0) is 36.5 Å². The van der Waals surface area contributed by atoms with Gasteiger partial charge in [0.25, 0.3) is 0 Å². The first kappa shape index (κ1) is 21.4. The van der Waals surface area contributed by atoms with Gasteiger partial charge in [0.1, 0.15) is 6.54 Å². The van der Waals surface area contributed by atoms with Gasteiger partial charge in [-0.1, -0.05) is 45.0 Å². The molecule has 2 aromatic rings. The third-order valence-electron chi connectivity index (χ3n) is 5.52. The van der Waals surface area contributed by atoms with Crippen LogP contribution in [0.25, 0.3) is 11.4 Å². The van der Waals surface area contributed by atoms with E-state index in [4.69, 9.17) is 0 Å². The molecule has 0 bridgehead atoms. The maximum absolute atomic E-state index is 13.0. The van der Waals surface area contributed by atoms with Crippen LogP contribution in [0.15, 0.2) is 24.3 Å². The summed E-state index contributed by atoms with van der Waals surface area (Å²) >= 11 is 0. The van der Waals surface area contributed by atoms with Crippen LogP contribution < -0.4 is 0 Å². The van der Waals surface area contributed by atoms with Crippen LogP contribution in [0.3, 0.4) is 0 Å². The zero-order valence-electron chi connectivity index (χ0n) is 17.4. The quantitative estimate of drug-likeness (QED) is 0.683. The molecular weight excluding hydrogens is 390 g/mol. The van der Waals surface area contributed by atoms with E-state index in [1.807, 2.05) is 38.1 Å². The molecule has 1 amide bonds. The zero-order chi connectivity index (χ0) is 21.2. The molecule has 0 N–H and O–H groups in total. The molecule has 1 aromatic carbocycles. The fraction of sp³-hybridized carbons (Fsp3) is 0.600. The van der Waals surface area contributed by atoms with Crippen molar-refractivity contribution in [3.63, 3.8) is 0 Å². The van der Waals surface area contributed by atoms with Crippen molar-refractivity contribution in [3.8, 4) is 11.4 Å². The van der Waals surface area contributed by atoms with Crippen LogP contribution in [0.1, 0.15) is 52.0 Å². The van der Waals surface area contributed by atoms with Crippen molar-refractivity contribution < 1.29 is 13.2 Å². The standard InChI is InChI=1S/C20H29N5O3S/c1-5-15(4)25(18-10-11-29(27,28)13-18)19(26)12-24-22-20(21-23-24)17-8-6-16(7-9-17)14(2)3/h6-9,14-15,18H,5,10-13H2,1-4H3/t15-,18+/m1/s1. The van der Waals surface area contributed by atoms with Crippen LogP contribution in [0.4, 0.5) is 0 Å². The highest BCUT2D eigenvalue weighted by molar-refractivity contribution is 7.91. The molecule has 1 saturated heterocycles. The van der Waals surface area contributed by atoms with Gasteiger partial charge in [-0.25, -0.2) is 8.42 Å². The van der Waals surface area contributed by atoms with Gasteiger partial charge in [-0.15, -0.1) is 10.2 Å². The normalized spacial score (nSPS) is 19.4. The predicted octanol–water partition coefficient (Wildman–Crippen LogP) is 2.28. The minimum atomic E-state index is -3.07. The zero-order valence-corrected chi connectivity index (χ0v) is 18.3. The molecule has 29 heavy (non-hydrogen) atoms. The van der Waals surface area contributed by atoms with Crippen LogP contribution in [0, 0.1) is 0 Å². The maximum Gasteiger partial charge on any atom is 0.246 e. The average molecular weight is 420 g/mol. The first-order chi connectivity index (χ1) is 13.7. The second-order valence-electron chi connectivity index (χ2n) is 8.04. The van der Waals surface area contributed by atoms with E-state index < -0.39 is 9.84 Å². The molecule has 2 heterocycles. The monoisotopic (exact) mass is 419 g/mol. The Morgan fingerprint density at radius 3 is 2.48 bits per heavy atom. The van der Waals surface area contributed by atoms with E-state index in [1.54, 1.807) is 4.90 Å². The molecule has 1 aromatic heterocycles. The highest BCUT2D eigenvalue weighted by Crippen LogP contribution is 2.22. The average Bonchev–Trinajstić information content (AvgIpc) is 3.28. The van der Waals surface area contributed by atoms with Gasteiger partial charge in [0.05, 0.1) is 11.5 Å². The van der Waals surface area contributed by atoms with Crippen molar-refractivity contribution >= 4 is 15.7 Å². The summed E-state index contributed by atoms with van der Waals surface area (Å²) in [6, 6.07) is 7.65. The first-order valence-electron chi connectivity index (χ1n) is 10.1. The Bertz CT molecular complexity index is 953. The Kier molecular flexibility index (Phi) is 6.36. The largest absolute Gasteiger partial charge is 0.334 e. The van der Waals surface area contributed by atoms with Gasteiger partial charge in [0.15, 0.2) is 9.84 Å². The molecule has 158 valence electrons. The lowest BCUT2D eigenvalue weighted by atomic mass is 10.0. The van der Waals surface area contributed by atoms with Crippen molar-refractivity contribution in [2.75, 3.05) is 11.5 Å². The molecule has 0 spiro atoms. The highest BCUT2D eigenvalue weighted by atomic mass is 32.2.